The average molecular weight is 331 g/mol. The van der Waals surface area contributed by atoms with Crippen LogP contribution in [0.3, 0.4) is 0 Å². The lowest BCUT2D eigenvalue weighted by Crippen LogP contribution is -2.00. The van der Waals surface area contributed by atoms with Crippen molar-refractivity contribution in [3.8, 4) is 5.75 Å². The fourth-order valence-electron chi connectivity index (χ4n) is 1.52. The molecule has 18 heavy (non-hydrogen) atoms. The maximum atomic E-state index is 12.9. The number of benzene rings is 2. The Hall–Kier alpha value is -1.26. The second-order valence-corrected chi connectivity index (χ2v) is 5.04. The van der Waals surface area contributed by atoms with Gasteiger partial charge in [0.05, 0.1) is 0 Å². The topological polar surface area (TPSA) is 32.3 Å². The number of phenols is 1. The second-order valence-electron chi connectivity index (χ2n) is 3.75. The normalized spacial score (nSPS) is 10.4. The van der Waals surface area contributed by atoms with Gasteiger partial charge < -0.3 is 10.4 Å². The maximum absolute atomic E-state index is 12.9. The van der Waals surface area contributed by atoms with Crippen molar-refractivity contribution in [1.82, 2.24) is 0 Å². The fourth-order valence-corrected chi connectivity index (χ4v) is 2.20. The summed E-state index contributed by atoms with van der Waals surface area (Å²) in [6.07, 6.45) is 0. The minimum absolute atomic E-state index is 0.171. The zero-order valence-corrected chi connectivity index (χ0v) is 11.6. The highest BCUT2D eigenvalue weighted by molar-refractivity contribution is 9.10. The van der Waals surface area contributed by atoms with Gasteiger partial charge in [0.2, 0.25) is 0 Å². The molecule has 0 aliphatic rings. The van der Waals surface area contributed by atoms with Crippen molar-refractivity contribution in [2.24, 2.45) is 0 Å². The summed E-state index contributed by atoms with van der Waals surface area (Å²) in [5.74, 6) is -0.136. The highest BCUT2D eigenvalue weighted by atomic mass is 79.9. The van der Waals surface area contributed by atoms with Crippen molar-refractivity contribution in [3.05, 3.63) is 57.3 Å². The van der Waals surface area contributed by atoms with Gasteiger partial charge in [0, 0.05) is 27.3 Å². The van der Waals surface area contributed by atoms with Crippen LogP contribution in [0, 0.1) is 5.82 Å². The van der Waals surface area contributed by atoms with Crippen LogP contribution in [0.15, 0.2) is 40.9 Å². The zero-order chi connectivity index (χ0) is 13.1. The Balaban J connectivity index is 2.13. The van der Waals surface area contributed by atoms with Gasteiger partial charge in [-0.05, 0) is 52.3 Å². The van der Waals surface area contributed by atoms with E-state index >= 15 is 0 Å². The van der Waals surface area contributed by atoms with Crippen molar-refractivity contribution >= 4 is 33.2 Å². The van der Waals surface area contributed by atoms with E-state index < -0.39 is 0 Å². The summed E-state index contributed by atoms with van der Waals surface area (Å²) in [7, 11) is 0. The van der Waals surface area contributed by atoms with Crippen LogP contribution in [0.5, 0.6) is 5.75 Å². The van der Waals surface area contributed by atoms with E-state index in [0.29, 0.717) is 21.6 Å². The first-order valence-electron chi connectivity index (χ1n) is 5.22. The molecule has 0 amide bonds. The molecule has 2 rings (SSSR count). The van der Waals surface area contributed by atoms with E-state index in [1.54, 1.807) is 24.3 Å². The Kier molecular flexibility index (Phi) is 4.09. The van der Waals surface area contributed by atoms with Gasteiger partial charge in [-0.2, -0.15) is 0 Å². The molecular formula is C13H10BrClFNO. The van der Waals surface area contributed by atoms with Gasteiger partial charge in [0.1, 0.15) is 11.6 Å². The summed E-state index contributed by atoms with van der Waals surface area (Å²) in [6, 6.07) is 9.21. The van der Waals surface area contributed by atoms with Gasteiger partial charge in [-0.15, -0.1) is 0 Å². The number of nitrogens with one attached hydrogen (secondary N) is 1. The van der Waals surface area contributed by atoms with Gasteiger partial charge in [-0.1, -0.05) is 11.6 Å². The predicted molar refractivity (Wildman–Crippen MR) is 74.5 cm³/mol. The quantitative estimate of drug-likeness (QED) is 0.864. The fraction of sp³-hybridized carbons (Fsp3) is 0.0769. The van der Waals surface area contributed by atoms with Gasteiger partial charge in [-0.3, -0.25) is 0 Å². The first kappa shape index (κ1) is 13.2. The van der Waals surface area contributed by atoms with E-state index in [1.165, 1.54) is 12.1 Å². The van der Waals surface area contributed by atoms with E-state index in [4.69, 9.17) is 11.6 Å². The van der Waals surface area contributed by atoms with Gasteiger partial charge in [0.25, 0.3) is 0 Å². The molecule has 0 aromatic heterocycles. The summed E-state index contributed by atoms with van der Waals surface area (Å²) < 4.78 is 13.5. The van der Waals surface area contributed by atoms with Crippen molar-refractivity contribution in [2.75, 3.05) is 5.32 Å². The standard InChI is InChI=1S/C13H10BrClFNO/c14-11-6-10(16)2-3-12(11)17-7-8-5-9(15)1-4-13(8)18/h1-6,17-18H,7H2. The van der Waals surface area contributed by atoms with Crippen LogP contribution < -0.4 is 5.32 Å². The lowest BCUT2D eigenvalue weighted by molar-refractivity contribution is 0.469. The van der Waals surface area contributed by atoms with Gasteiger partial charge in [0.15, 0.2) is 0 Å². The Morgan fingerprint density at radius 1 is 1.22 bits per heavy atom. The summed E-state index contributed by atoms with van der Waals surface area (Å²) in [5.41, 5.74) is 1.43. The third-order valence-corrected chi connectivity index (χ3v) is 3.33. The molecule has 2 aromatic rings. The van der Waals surface area contributed by atoms with E-state index in [-0.39, 0.29) is 11.6 Å². The van der Waals surface area contributed by atoms with E-state index in [2.05, 4.69) is 21.2 Å². The molecule has 0 fully saturated rings. The third kappa shape index (κ3) is 3.15. The first-order valence-corrected chi connectivity index (χ1v) is 6.39. The lowest BCUT2D eigenvalue weighted by atomic mass is 10.2. The first-order chi connectivity index (χ1) is 8.56. The predicted octanol–water partition coefficient (Wildman–Crippen LogP) is 4.56. The molecule has 0 aliphatic carbocycles. The maximum Gasteiger partial charge on any atom is 0.124 e. The van der Waals surface area contributed by atoms with Crippen LogP contribution in [0.4, 0.5) is 10.1 Å². The molecule has 0 saturated carbocycles. The van der Waals surface area contributed by atoms with E-state index in [9.17, 15) is 9.50 Å². The summed E-state index contributed by atoms with van der Waals surface area (Å²) >= 11 is 9.12. The van der Waals surface area contributed by atoms with Crippen LogP contribution in [0.1, 0.15) is 5.56 Å². The highest BCUT2D eigenvalue weighted by Crippen LogP contribution is 2.26. The minimum Gasteiger partial charge on any atom is -0.508 e. The number of hydrogen-bond acceptors (Lipinski definition) is 2. The monoisotopic (exact) mass is 329 g/mol. The number of aromatic hydroxyl groups is 1. The molecule has 2 N–H and O–H groups in total. The van der Waals surface area contributed by atoms with Crippen LogP contribution in [-0.4, -0.2) is 5.11 Å². The number of halogens is 3. The summed E-state index contributed by atoms with van der Waals surface area (Å²) in [4.78, 5) is 0. The molecule has 0 bridgehead atoms. The molecule has 2 aromatic carbocycles. The molecule has 0 saturated heterocycles. The number of phenolic OH excluding ortho intramolecular Hbond substituents is 1. The zero-order valence-electron chi connectivity index (χ0n) is 9.25. The van der Waals surface area contributed by atoms with E-state index in [0.717, 1.165) is 5.69 Å². The average Bonchev–Trinajstić information content (AvgIpc) is 2.32. The highest BCUT2D eigenvalue weighted by Gasteiger charge is 2.04. The Bertz CT molecular complexity index is 577. The van der Waals surface area contributed by atoms with Crippen molar-refractivity contribution < 1.29 is 9.50 Å². The number of rotatable bonds is 3. The molecular weight excluding hydrogens is 321 g/mol. The van der Waals surface area contributed by atoms with Crippen LogP contribution >= 0.6 is 27.5 Å². The number of anilines is 1. The smallest absolute Gasteiger partial charge is 0.124 e. The van der Waals surface area contributed by atoms with Crippen LogP contribution in [0.2, 0.25) is 5.02 Å². The molecule has 94 valence electrons. The Labute approximate surface area is 118 Å². The minimum atomic E-state index is -0.307. The molecule has 0 atom stereocenters. The second kappa shape index (κ2) is 5.59. The molecule has 2 nitrogen and oxygen atoms in total. The van der Waals surface area contributed by atoms with Crippen LogP contribution in [0.25, 0.3) is 0 Å². The SMILES string of the molecule is Oc1ccc(Cl)cc1CNc1ccc(F)cc1Br. The van der Waals surface area contributed by atoms with Gasteiger partial charge in [-0.25, -0.2) is 4.39 Å². The summed E-state index contributed by atoms with van der Waals surface area (Å²) in [5, 5.41) is 13.3. The molecule has 0 spiro atoms. The summed E-state index contributed by atoms with van der Waals surface area (Å²) in [6.45, 7) is 0.399. The Morgan fingerprint density at radius 3 is 2.72 bits per heavy atom. The number of hydrogen-bond donors (Lipinski definition) is 2. The Morgan fingerprint density at radius 2 is 2.00 bits per heavy atom. The molecule has 0 aliphatic heterocycles. The van der Waals surface area contributed by atoms with Crippen molar-refractivity contribution in [2.45, 2.75) is 6.54 Å². The van der Waals surface area contributed by atoms with Crippen LogP contribution in [-0.2, 0) is 6.54 Å². The third-order valence-electron chi connectivity index (χ3n) is 2.44. The molecule has 0 radical (unpaired) electrons. The lowest BCUT2D eigenvalue weighted by Gasteiger charge is -2.10. The van der Waals surface area contributed by atoms with E-state index in [1.807, 2.05) is 0 Å². The molecule has 0 unspecified atom stereocenters. The molecule has 5 heteroatoms. The van der Waals surface area contributed by atoms with Crippen molar-refractivity contribution in [3.63, 3.8) is 0 Å². The van der Waals surface area contributed by atoms with Crippen molar-refractivity contribution in [1.29, 1.82) is 0 Å². The largest absolute Gasteiger partial charge is 0.508 e. The molecule has 0 heterocycles. The van der Waals surface area contributed by atoms with Gasteiger partial charge >= 0.3 is 0 Å².